The number of hydrogen-bond acceptors (Lipinski definition) is 5. The van der Waals surface area contributed by atoms with Crippen molar-refractivity contribution in [2.24, 2.45) is 15.6 Å². The second kappa shape index (κ2) is 7.32. The molecule has 4 aliphatic rings. The predicted octanol–water partition coefficient (Wildman–Crippen LogP) is 5.64. The van der Waals surface area contributed by atoms with Gasteiger partial charge in [0.25, 0.3) is 0 Å². The first-order chi connectivity index (χ1) is 14.9. The number of benzene rings is 1. The standard InChI is InChI=1S/C26H34N4O/c1-5-26(18-10-9-11-19(14-18)30-12-7-6-8-13-30)22-17(2)28-29-24(22)27-20-15-25(3,4)16-21(31)23(20)26/h9-11,14,24,27H,5-8,12-13,15-16H2,1-4H3/t24?,26-/m0/s1. The van der Waals surface area contributed by atoms with Crippen molar-refractivity contribution < 1.29 is 4.79 Å². The number of hydrogen-bond donors (Lipinski definition) is 1. The third-order valence-electron chi connectivity index (χ3n) is 7.65. The number of nitrogens with zero attached hydrogens (tertiary/aromatic N) is 3. The van der Waals surface area contributed by atoms with Gasteiger partial charge in [-0.05, 0) is 62.1 Å². The van der Waals surface area contributed by atoms with E-state index in [1.165, 1.54) is 30.5 Å². The maximum Gasteiger partial charge on any atom is 0.165 e. The molecular weight excluding hydrogens is 384 g/mol. The van der Waals surface area contributed by atoms with Gasteiger partial charge >= 0.3 is 0 Å². The summed E-state index contributed by atoms with van der Waals surface area (Å²) < 4.78 is 0. The van der Waals surface area contributed by atoms with Crippen LogP contribution in [0.4, 0.5) is 5.69 Å². The number of carbonyl (C=O) groups excluding carboxylic acids is 1. The number of rotatable bonds is 3. The molecule has 0 saturated carbocycles. The summed E-state index contributed by atoms with van der Waals surface area (Å²) >= 11 is 0. The molecule has 5 rings (SSSR count). The number of allylic oxidation sites excluding steroid dienone is 3. The molecule has 0 radical (unpaired) electrons. The minimum absolute atomic E-state index is 0.0376. The molecule has 3 aliphatic heterocycles. The molecule has 1 aromatic rings. The van der Waals surface area contributed by atoms with Gasteiger partial charge < -0.3 is 10.2 Å². The van der Waals surface area contributed by atoms with E-state index in [0.29, 0.717) is 6.42 Å². The predicted molar refractivity (Wildman–Crippen MR) is 124 cm³/mol. The van der Waals surface area contributed by atoms with Crippen molar-refractivity contribution >= 4 is 11.5 Å². The zero-order chi connectivity index (χ0) is 21.8. The summed E-state index contributed by atoms with van der Waals surface area (Å²) in [6, 6.07) is 8.95. The van der Waals surface area contributed by atoms with Crippen LogP contribution in [0.25, 0.3) is 0 Å². The molecular formula is C26H34N4O. The quantitative estimate of drug-likeness (QED) is 0.691. The highest BCUT2D eigenvalue weighted by Gasteiger charge is 2.53. The molecule has 1 fully saturated rings. The lowest BCUT2D eigenvalue weighted by molar-refractivity contribution is -0.119. The number of carbonyl (C=O) groups is 1. The minimum Gasteiger partial charge on any atom is -0.372 e. The third kappa shape index (κ3) is 3.16. The van der Waals surface area contributed by atoms with E-state index in [2.05, 4.69) is 65.5 Å². The summed E-state index contributed by atoms with van der Waals surface area (Å²) in [7, 11) is 0. The van der Waals surface area contributed by atoms with Gasteiger partial charge in [-0.3, -0.25) is 4.79 Å². The Bertz CT molecular complexity index is 1010. The summed E-state index contributed by atoms with van der Waals surface area (Å²) in [6.07, 6.45) is 5.95. The molecule has 0 aromatic heterocycles. The van der Waals surface area contributed by atoms with Crippen molar-refractivity contribution in [2.75, 3.05) is 18.0 Å². The zero-order valence-electron chi connectivity index (χ0n) is 19.3. The number of ketones is 1. The van der Waals surface area contributed by atoms with Gasteiger partial charge in [-0.2, -0.15) is 10.2 Å². The average molecular weight is 419 g/mol. The lowest BCUT2D eigenvalue weighted by Gasteiger charge is -2.48. The first-order valence-electron chi connectivity index (χ1n) is 11.9. The first kappa shape index (κ1) is 20.5. The normalized spacial score (nSPS) is 29.7. The van der Waals surface area contributed by atoms with Gasteiger partial charge in [-0.15, -0.1) is 0 Å². The summed E-state index contributed by atoms with van der Waals surface area (Å²) in [5.74, 6) is 0.273. The van der Waals surface area contributed by atoms with Gasteiger partial charge in [-0.25, -0.2) is 0 Å². The molecule has 1 aromatic carbocycles. The van der Waals surface area contributed by atoms with Gasteiger partial charge in [0.15, 0.2) is 11.9 Å². The molecule has 5 nitrogen and oxygen atoms in total. The highest BCUT2D eigenvalue weighted by Crippen LogP contribution is 2.55. The van der Waals surface area contributed by atoms with E-state index in [1.807, 2.05) is 6.92 Å². The van der Waals surface area contributed by atoms with Gasteiger partial charge in [0.1, 0.15) is 0 Å². The van der Waals surface area contributed by atoms with Crippen LogP contribution in [0.3, 0.4) is 0 Å². The van der Waals surface area contributed by atoms with Crippen LogP contribution in [0.2, 0.25) is 0 Å². The minimum atomic E-state index is -0.460. The maximum atomic E-state index is 13.7. The highest BCUT2D eigenvalue weighted by molar-refractivity contribution is 6.01. The van der Waals surface area contributed by atoms with Crippen LogP contribution < -0.4 is 10.2 Å². The number of piperidine rings is 1. The molecule has 31 heavy (non-hydrogen) atoms. The Morgan fingerprint density at radius 2 is 1.94 bits per heavy atom. The van der Waals surface area contributed by atoms with Crippen LogP contribution in [0, 0.1) is 5.41 Å². The molecule has 1 aliphatic carbocycles. The van der Waals surface area contributed by atoms with E-state index < -0.39 is 5.41 Å². The number of anilines is 1. The summed E-state index contributed by atoms with van der Waals surface area (Å²) in [5, 5.41) is 12.6. The van der Waals surface area contributed by atoms with Crippen LogP contribution in [0.5, 0.6) is 0 Å². The number of nitrogens with one attached hydrogen (secondary N) is 1. The lowest BCUT2D eigenvalue weighted by atomic mass is 9.58. The second-order valence-corrected chi connectivity index (χ2v) is 10.4. The molecule has 0 amide bonds. The van der Waals surface area contributed by atoms with E-state index in [4.69, 9.17) is 0 Å². The average Bonchev–Trinajstić information content (AvgIpc) is 3.13. The largest absolute Gasteiger partial charge is 0.372 e. The molecule has 0 spiro atoms. The van der Waals surface area contributed by atoms with Crippen molar-refractivity contribution in [1.82, 2.24) is 5.32 Å². The Kier molecular flexibility index (Phi) is 4.83. The molecule has 5 heteroatoms. The number of fused-ring (bicyclic) bond motifs is 1. The van der Waals surface area contributed by atoms with Crippen molar-refractivity contribution in [3.63, 3.8) is 0 Å². The molecule has 3 heterocycles. The van der Waals surface area contributed by atoms with E-state index in [-0.39, 0.29) is 17.4 Å². The monoisotopic (exact) mass is 418 g/mol. The van der Waals surface area contributed by atoms with Crippen LogP contribution in [-0.2, 0) is 10.2 Å². The van der Waals surface area contributed by atoms with E-state index >= 15 is 0 Å². The fraction of sp³-hybridized carbons (Fsp3) is 0.577. The number of Topliss-reactive ketones (excluding diaryl/α,β-unsaturated/α-hetero) is 1. The molecule has 164 valence electrons. The fourth-order valence-corrected chi connectivity index (χ4v) is 6.33. The SMILES string of the molecule is CC[C@@]1(c2cccc(N3CCCCC3)c2)C2=C(CC(C)(C)CC2=O)NC2N=NC(C)=C21. The molecule has 0 bridgehead atoms. The van der Waals surface area contributed by atoms with Crippen molar-refractivity contribution in [1.29, 1.82) is 0 Å². The summed E-state index contributed by atoms with van der Waals surface area (Å²) in [6.45, 7) is 10.9. The van der Waals surface area contributed by atoms with Gasteiger partial charge in [0.2, 0.25) is 0 Å². The second-order valence-electron chi connectivity index (χ2n) is 10.4. The smallest absolute Gasteiger partial charge is 0.165 e. The Balaban J connectivity index is 1.71. The van der Waals surface area contributed by atoms with E-state index in [9.17, 15) is 4.79 Å². The Labute approximate surface area is 185 Å². The molecule has 1 saturated heterocycles. The molecule has 1 N–H and O–H groups in total. The van der Waals surface area contributed by atoms with Gasteiger partial charge in [-0.1, -0.05) is 32.9 Å². The van der Waals surface area contributed by atoms with Crippen molar-refractivity contribution in [3.8, 4) is 0 Å². The van der Waals surface area contributed by atoms with E-state index in [0.717, 1.165) is 48.5 Å². The van der Waals surface area contributed by atoms with Crippen LogP contribution in [0.15, 0.2) is 57.0 Å². The molecule has 2 atom stereocenters. The van der Waals surface area contributed by atoms with Gasteiger partial charge in [0.05, 0.1) is 11.1 Å². The van der Waals surface area contributed by atoms with Gasteiger partial charge in [0, 0.05) is 42.0 Å². The number of azo groups is 1. The first-order valence-corrected chi connectivity index (χ1v) is 11.9. The topological polar surface area (TPSA) is 57.1 Å². The zero-order valence-corrected chi connectivity index (χ0v) is 19.3. The lowest BCUT2D eigenvalue weighted by Crippen LogP contribution is -2.51. The Morgan fingerprint density at radius 3 is 2.68 bits per heavy atom. The fourth-order valence-electron chi connectivity index (χ4n) is 6.33. The highest BCUT2D eigenvalue weighted by atomic mass is 16.1. The van der Waals surface area contributed by atoms with Crippen molar-refractivity contribution in [2.45, 2.75) is 77.8 Å². The maximum absolute atomic E-state index is 13.7. The summed E-state index contributed by atoms with van der Waals surface area (Å²) in [5.41, 5.74) is 6.14. The third-order valence-corrected chi connectivity index (χ3v) is 7.65. The van der Waals surface area contributed by atoms with Crippen molar-refractivity contribution in [3.05, 3.63) is 52.4 Å². The molecule has 1 unspecified atom stereocenters. The Morgan fingerprint density at radius 1 is 1.16 bits per heavy atom. The van der Waals surface area contributed by atoms with E-state index in [1.54, 1.807) is 0 Å². The van der Waals surface area contributed by atoms with Crippen LogP contribution in [-0.4, -0.2) is 25.0 Å². The van der Waals surface area contributed by atoms with Crippen LogP contribution in [0.1, 0.15) is 71.8 Å². The summed E-state index contributed by atoms with van der Waals surface area (Å²) in [4.78, 5) is 16.2. The Hall–Kier alpha value is -2.43. The van der Waals surface area contributed by atoms with Crippen LogP contribution >= 0.6 is 0 Å².